The maximum atomic E-state index is 12.5. The van der Waals surface area contributed by atoms with Crippen molar-refractivity contribution < 1.29 is 18.0 Å². The van der Waals surface area contributed by atoms with Crippen molar-refractivity contribution in [3.05, 3.63) is 11.3 Å². The summed E-state index contributed by atoms with van der Waals surface area (Å²) in [5.74, 6) is 0.515. The highest BCUT2D eigenvalue weighted by Crippen LogP contribution is 2.38. The molecule has 1 atom stereocenters. The lowest BCUT2D eigenvalue weighted by Crippen LogP contribution is -2.17. The molecule has 4 nitrogen and oxygen atoms in total. The van der Waals surface area contributed by atoms with Gasteiger partial charge < -0.3 is 5.32 Å². The van der Waals surface area contributed by atoms with Gasteiger partial charge in [-0.05, 0) is 31.6 Å². The fourth-order valence-corrected chi connectivity index (χ4v) is 2.10. The number of nitrogens with one attached hydrogen (secondary N) is 2. The highest BCUT2D eigenvalue weighted by atomic mass is 19.4. The average molecular weight is 275 g/mol. The number of aromatic nitrogens is 2. The first-order valence-electron chi connectivity index (χ1n) is 6.21. The molecule has 1 heterocycles. The minimum atomic E-state index is -4.48. The molecule has 1 aliphatic carbocycles. The first-order valence-corrected chi connectivity index (χ1v) is 6.21. The highest BCUT2D eigenvalue weighted by molar-refractivity contribution is 5.90. The van der Waals surface area contributed by atoms with Crippen LogP contribution >= 0.6 is 0 Å². The Kier molecular flexibility index (Phi) is 3.56. The summed E-state index contributed by atoms with van der Waals surface area (Å²) in [5, 5.41) is 7.87. The third kappa shape index (κ3) is 3.27. The van der Waals surface area contributed by atoms with Crippen molar-refractivity contribution in [2.75, 3.05) is 5.32 Å². The molecule has 7 heteroatoms. The lowest BCUT2D eigenvalue weighted by Gasteiger charge is -2.09. The third-order valence-corrected chi connectivity index (χ3v) is 3.49. The van der Waals surface area contributed by atoms with E-state index in [4.69, 9.17) is 0 Å². The molecule has 0 aromatic carbocycles. The predicted octanol–water partition coefficient (Wildman–Crippen LogP) is 3.11. The van der Waals surface area contributed by atoms with Crippen LogP contribution in [0.4, 0.5) is 19.0 Å². The SMILES string of the molecule is Cc1c(NC(=O)CC(C)C2CC2)n[nH]c1C(F)(F)F. The summed E-state index contributed by atoms with van der Waals surface area (Å²) < 4.78 is 37.6. The first-order chi connectivity index (χ1) is 8.79. The van der Waals surface area contributed by atoms with Crippen LogP contribution in [0.5, 0.6) is 0 Å². The van der Waals surface area contributed by atoms with Crippen molar-refractivity contribution in [3.8, 4) is 0 Å². The lowest BCUT2D eigenvalue weighted by molar-refractivity contribution is -0.141. The molecule has 106 valence electrons. The van der Waals surface area contributed by atoms with Gasteiger partial charge in [-0.3, -0.25) is 9.89 Å². The van der Waals surface area contributed by atoms with E-state index in [1.54, 1.807) is 0 Å². The summed E-state index contributed by atoms with van der Waals surface area (Å²) >= 11 is 0. The van der Waals surface area contributed by atoms with Gasteiger partial charge in [-0.2, -0.15) is 18.3 Å². The van der Waals surface area contributed by atoms with Gasteiger partial charge in [-0.15, -0.1) is 0 Å². The molecule has 0 bridgehead atoms. The molecule has 0 spiro atoms. The molecule has 1 aliphatic rings. The largest absolute Gasteiger partial charge is 0.433 e. The van der Waals surface area contributed by atoms with E-state index in [1.165, 1.54) is 6.92 Å². The molecule has 1 saturated carbocycles. The van der Waals surface area contributed by atoms with Crippen molar-refractivity contribution in [1.82, 2.24) is 10.2 Å². The number of alkyl halides is 3. The number of aromatic amines is 1. The predicted molar refractivity (Wildman–Crippen MR) is 63.5 cm³/mol. The molecule has 1 aromatic rings. The molecule has 0 radical (unpaired) electrons. The quantitative estimate of drug-likeness (QED) is 0.887. The minimum absolute atomic E-state index is 0.0414. The Labute approximate surface area is 108 Å². The van der Waals surface area contributed by atoms with Crippen molar-refractivity contribution in [3.63, 3.8) is 0 Å². The molecule has 0 aliphatic heterocycles. The molecule has 19 heavy (non-hydrogen) atoms. The Morgan fingerprint density at radius 1 is 1.53 bits per heavy atom. The van der Waals surface area contributed by atoms with Gasteiger partial charge in [0.15, 0.2) is 5.82 Å². The van der Waals surface area contributed by atoms with Crippen LogP contribution in [0.3, 0.4) is 0 Å². The van der Waals surface area contributed by atoms with Crippen LogP contribution in [0.15, 0.2) is 0 Å². The van der Waals surface area contributed by atoms with E-state index in [-0.39, 0.29) is 23.2 Å². The summed E-state index contributed by atoms with van der Waals surface area (Å²) in [7, 11) is 0. The summed E-state index contributed by atoms with van der Waals surface area (Å²) in [6.07, 6.45) is -1.90. The lowest BCUT2D eigenvalue weighted by atomic mass is 10.0. The number of carbonyl (C=O) groups excluding carboxylic acids is 1. The summed E-state index contributed by atoms with van der Waals surface area (Å²) in [6, 6.07) is 0. The van der Waals surface area contributed by atoms with Crippen LogP contribution in [0.1, 0.15) is 37.4 Å². The van der Waals surface area contributed by atoms with Gasteiger partial charge in [0, 0.05) is 12.0 Å². The number of H-pyrrole nitrogens is 1. The standard InChI is InChI=1S/C12H16F3N3O/c1-6(8-3-4-8)5-9(19)16-11-7(2)10(17-18-11)12(13,14)15/h6,8H,3-5H2,1-2H3,(H2,16,17,18,19). The van der Waals surface area contributed by atoms with Crippen LogP contribution < -0.4 is 5.32 Å². The van der Waals surface area contributed by atoms with Crippen molar-refractivity contribution in [2.24, 2.45) is 11.8 Å². The van der Waals surface area contributed by atoms with Crippen LogP contribution in [-0.4, -0.2) is 16.1 Å². The number of hydrogen-bond acceptors (Lipinski definition) is 2. The fourth-order valence-electron chi connectivity index (χ4n) is 2.10. The van der Waals surface area contributed by atoms with Gasteiger partial charge in [0.25, 0.3) is 0 Å². The zero-order chi connectivity index (χ0) is 14.2. The minimum Gasteiger partial charge on any atom is -0.309 e. The van der Waals surface area contributed by atoms with E-state index in [9.17, 15) is 18.0 Å². The summed E-state index contributed by atoms with van der Waals surface area (Å²) in [4.78, 5) is 11.7. The smallest absolute Gasteiger partial charge is 0.309 e. The van der Waals surface area contributed by atoms with E-state index in [0.29, 0.717) is 12.3 Å². The average Bonchev–Trinajstić information content (AvgIpc) is 3.04. The monoisotopic (exact) mass is 275 g/mol. The van der Waals surface area contributed by atoms with Gasteiger partial charge >= 0.3 is 6.18 Å². The van der Waals surface area contributed by atoms with E-state index in [0.717, 1.165) is 12.8 Å². The van der Waals surface area contributed by atoms with Crippen LogP contribution in [-0.2, 0) is 11.0 Å². The zero-order valence-electron chi connectivity index (χ0n) is 10.8. The Morgan fingerprint density at radius 3 is 2.63 bits per heavy atom. The van der Waals surface area contributed by atoms with Gasteiger partial charge in [0.05, 0.1) is 0 Å². The topological polar surface area (TPSA) is 57.8 Å². The first kappa shape index (κ1) is 13.9. The number of nitrogens with zero attached hydrogens (tertiary/aromatic N) is 1. The second-order valence-electron chi connectivity index (χ2n) is 5.14. The molecule has 2 rings (SSSR count). The number of hydrogen-bond donors (Lipinski definition) is 2. The van der Waals surface area contributed by atoms with Gasteiger partial charge in [-0.25, -0.2) is 0 Å². The maximum Gasteiger partial charge on any atom is 0.433 e. The molecule has 1 amide bonds. The van der Waals surface area contributed by atoms with Crippen LogP contribution in [0, 0.1) is 18.8 Å². The Morgan fingerprint density at radius 2 is 2.16 bits per heavy atom. The Balaban J connectivity index is 1.99. The second-order valence-corrected chi connectivity index (χ2v) is 5.14. The van der Waals surface area contributed by atoms with Crippen LogP contribution in [0.25, 0.3) is 0 Å². The number of anilines is 1. The molecule has 1 aromatic heterocycles. The number of halogens is 3. The van der Waals surface area contributed by atoms with E-state index < -0.39 is 11.9 Å². The summed E-state index contributed by atoms with van der Waals surface area (Å²) in [5.41, 5.74) is -1.00. The third-order valence-electron chi connectivity index (χ3n) is 3.49. The number of carbonyl (C=O) groups is 1. The number of amides is 1. The molecule has 1 unspecified atom stereocenters. The zero-order valence-corrected chi connectivity index (χ0v) is 10.8. The molecular weight excluding hydrogens is 259 g/mol. The van der Waals surface area contributed by atoms with Gasteiger partial charge in [0.1, 0.15) is 5.69 Å². The van der Waals surface area contributed by atoms with Crippen LogP contribution in [0.2, 0.25) is 0 Å². The van der Waals surface area contributed by atoms with Gasteiger partial charge in [-0.1, -0.05) is 6.92 Å². The molecule has 0 saturated heterocycles. The van der Waals surface area contributed by atoms with Crippen molar-refractivity contribution in [1.29, 1.82) is 0 Å². The molecule has 2 N–H and O–H groups in total. The fraction of sp³-hybridized carbons (Fsp3) is 0.667. The van der Waals surface area contributed by atoms with Crippen molar-refractivity contribution in [2.45, 2.75) is 39.3 Å². The van der Waals surface area contributed by atoms with Gasteiger partial charge in [0.2, 0.25) is 5.91 Å². The van der Waals surface area contributed by atoms with Crippen molar-refractivity contribution >= 4 is 11.7 Å². The summed E-state index contributed by atoms with van der Waals surface area (Å²) in [6.45, 7) is 3.27. The van der Waals surface area contributed by atoms with E-state index >= 15 is 0 Å². The second kappa shape index (κ2) is 4.86. The highest BCUT2D eigenvalue weighted by Gasteiger charge is 2.36. The maximum absolute atomic E-state index is 12.5. The van der Waals surface area contributed by atoms with E-state index in [2.05, 4.69) is 10.4 Å². The normalized spacial score (nSPS) is 17.3. The Hall–Kier alpha value is -1.53. The molecule has 1 fully saturated rings. The molecular formula is C12H16F3N3O. The number of rotatable bonds is 4. The Bertz CT molecular complexity index is 477. The van der Waals surface area contributed by atoms with E-state index in [1.807, 2.05) is 12.0 Å².